The number of hydrogen-bond acceptors (Lipinski definition) is 2. The van der Waals surface area contributed by atoms with E-state index in [1.807, 2.05) is 54.6 Å². The summed E-state index contributed by atoms with van der Waals surface area (Å²) in [6.07, 6.45) is 0. The summed E-state index contributed by atoms with van der Waals surface area (Å²) in [4.78, 5) is 12.2. The average molecular weight is 254 g/mol. The Balaban J connectivity index is 2.08. The number of ketones is 1. The van der Waals surface area contributed by atoms with E-state index < -0.39 is 0 Å². The van der Waals surface area contributed by atoms with Gasteiger partial charge >= 0.3 is 0 Å². The van der Waals surface area contributed by atoms with E-state index in [0.717, 1.165) is 5.75 Å². The van der Waals surface area contributed by atoms with Gasteiger partial charge in [0.1, 0.15) is 5.75 Å². The Morgan fingerprint density at radius 2 is 1.53 bits per heavy atom. The summed E-state index contributed by atoms with van der Waals surface area (Å²) >= 11 is 0. The molecule has 2 aromatic rings. The molecule has 0 heterocycles. The van der Waals surface area contributed by atoms with E-state index in [1.165, 1.54) is 0 Å². The lowest BCUT2D eigenvalue weighted by Gasteiger charge is -2.09. The van der Waals surface area contributed by atoms with Crippen LogP contribution in [-0.4, -0.2) is 12.4 Å². The van der Waals surface area contributed by atoms with Gasteiger partial charge in [0.25, 0.3) is 0 Å². The first kappa shape index (κ1) is 13.3. The molecule has 0 saturated heterocycles. The van der Waals surface area contributed by atoms with Gasteiger partial charge in [-0.05, 0) is 30.2 Å². The van der Waals surface area contributed by atoms with Crippen LogP contribution in [0.4, 0.5) is 0 Å². The maximum Gasteiger partial charge on any atom is 0.193 e. The molecule has 0 radical (unpaired) electrons. The van der Waals surface area contributed by atoms with Gasteiger partial charge in [-0.2, -0.15) is 0 Å². The van der Waals surface area contributed by atoms with Crippen molar-refractivity contribution in [3.63, 3.8) is 0 Å². The highest BCUT2D eigenvalue weighted by Gasteiger charge is 2.08. The van der Waals surface area contributed by atoms with Crippen molar-refractivity contribution in [3.05, 3.63) is 65.7 Å². The largest absolute Gasteiger partial charge is 0.493 e. The van der Waals surface area contributed by atoms with Crippen molar-refractivity contribution in [2.75, 3.05) is 6.61 Å². The molecule has 0 aliphatic rings. The minimum Gasteiger partial charge on any atom is -0.493 e. The Bertz CT molecular complexity index is 527. The molecular weight excluding hydrogens is 236 g/mol. The van der Waals surface area contributed by atoms with Gasteiger partial charge in [-0.25, -0.2) is 0 Å². The maximum atomic E-state index is 12.2. The molecule has 2 rings (SSSR count). The molecule has 0 atom stereocenters. The summed E-state index contributed by atoms with van der Waals surface area (Å²) in [5.74, 6) is 1.33. The van der Waals surface area contributed by atoms with Crippen LogP contribution < -0.4 is 4.74 Å². The summed E-state index contributed by atoms with van der Waals surface area (Å²) in [6.45, 7) is 4.90. The fourth-order valence-electron chi connectivity index (χ4n) is 1.72. The van der Waals surface area contributed by atoms with Crippen LogP contribution in [0.1, 0.15) is 29.8 Å². The molecule has 0 amide bonds. The molecule has 0 aromatic heterocycles. The van der Waals surface area contributed by atoms with Crippen LogP contribution in [0.15, 0.2) is 54.6 Å². The minimum atomic E-state index is 0.0380. The molecule has 0 bridgehead atoms. The van der Waals surface area contributed by atoms with Gasteiger partial charge in [0.15, 0.2) is 5.78 Å². The molecule has 0 aliphatic carbocycles. The fourth-order valence-corrected chi connectivity index (χ4v) is 1.72. The first-order valence-electron chi connectivity index (χ1n) is 6.49. The number of ether oxygens (including phenoxy) is 1. The SMILES string of the molecule is CC(C)COc1ccc(C(=O)c2ccccc2)cc1. The maximum absolute atomic E-state index is 12.2. The van der Waals surface area contributed by atoms with Gasteiger partial charge in [0.05, 0.1) is 6.61 Å². The molecule has 0 aliphatic heterocycles. The number of carbonyl (C=O) groups is 1. The van der Waals surface area contributed by atoms with E-state index in [4.69, 9.17) is 4.74 Å². The van der Waals surface area contributed by atoms with E-state index >= 15 is 0 Å². The third-order valence-corrected chi connectivity index (χ3v) is 2.74. The molecule has 2 aromatic carbocycles. The van der Waals surface area contributed by atoms with Gasteiger partial charge in [-0.15, -0.1) is 0 Å². The molecule has 0 fully saturated rings. The van der Waals surface area contributed by atoms with Crippen LogP contribution >= 0.6 is 0 Å². The molecule has 0 spiro atoms. The Hall–Kier alpha value is -2.09. The zero-order valence-electron chi connectivity index (χ0n) is 11.3. The van der Waals surface area contributed by atoms with Crippen molar-refractivity contribution in [1.29, 1.82) is 0 Å². The van der Waals surface area contributed by atoms with Crippen molar-refractivity contribution >= 4 is 5.78 Å². The molecule has 98 valence electrons. The summed E-state index contributed by atoms with van der Waals surface area (Å²) in [5.41, 5.74) is 1.39. The third kappa shape index (κ3) is 3.68. The summed E-state index contributed by atoms with van der Waals surface area (Å²) in [7, 11) is 0. The molecule has 19 heavy (non-hydrogen) atoms. The smallest absolute Gasteiger partial charge is 0.193 e. The lowest BCUT2D eigenvalue weighted by atomic mass is 10.0. The molecule has 2 nitrogen and oxygen atoms in total. The van der Waals surface area contributed by atoms with Crippen LogP contribution in [-0.2, 0) is 0 Å². The number of carbonyl (C=O) groups excluding carboxylic acids is 1. The van der Waals surface area contributed by atoms with Crippen molar-refractivity contribution in [1.82, 2.24) is 0 Å². The normalized spacial score (nSPS) is 10.5. The minimum absolute atomic E-state index is 0.0380. The topological polar surface area (TPSA) is 26.3 Å². The lowest BCUT2D eigenvalue weighted by molar-refractivity contribution is 0.103. The van der Waals surface area contributed by atoms with E-state index in [2.05, 4.69) is 13.8 Å². The van der Waals surface area contributed by atoms with Gasteiger partial charge in [-0.1, -0.05) is 44.2 Å². The average Bonchev–Trinajstić information content (AvgIpc) is 2.46. The summed E-state index contributed by atoms with van der Waals surface area (Å²) in [5, 5.41) is 0. The zero-order chi connectivity index (χ0) is 13.7. The standard InChI is InChI=1S/C17H18O2/c1-13(2)12-19-16-10-8-15(9-11-16)17(18)14-6-4-3-5-7-14/h3-11,13H,12H2,1-2H3. The second-order valence-electron chi connectivity index (χ2n) is 4.92. The van der Waals surface area contributed by atoms with Crippen LogP contribution in [0, 0.1) is 5.92 Å². The molecule has 0 unspecified atom stereocenters. The Labute approximate surface area is 114 Å². The summed E-state index contributed by atoms with van der Waals surface area (Å²) < 4.78 is 5.60. The van der Waals surface area contributed by atoms with E-state index in [-0.39, 0.29) is 5.78 Å². The predicted molar refractivity (Wildman–Crippen MR) is 76.6 cm³/mol. The van der Waals surface area contributed by atoms with Crippen molar-refractivity contribution < 1.29 is 9.53 Å². The highest BCUT2D eigenvalue weighted by Crippen LogP contribution is 2.16. The molecule has 0 N–H and O–H groups in total. The summed E-state index contributed by atoms with van der Waals surface area (Å²) in [6, 6.07) is 16.6. The monoisotopic (exact) mass is 254 g/mol. The van der Waals surface area contributed by atoms with Crippen LogP contribution in [0.25, 0.3) is 0 Å². The number of benzene rings is 2. The zero-order valence-corrected chi connectivity index (χ0v) is 11.3. The lowest BCUT2D eigenvalue weighted by Crippen LogP contribution is -2.05. The van der Waals surface area contributed by atoms with E-state index in [0.29, 0.717) is 23.7 Å². The molecule has 0 saturated carbocycles. The van der Waals surface area contributed by atoms with Crippen LogP contribution in [0.5, 0.6) is 5.75 Å². The van der Waals surface area contributed by atoms with E-state index in [1.54, 1.807) is 0 Å². The number of hydrogen-bond donors (Lipinski definition) is 0. The number of rotatable bonds is 5. The quantitative estimate of drug-likeness (QED) is 0.755. The van der Waals surface area contributed by atoms with Crippen molar-refractivity contribution in [2.45, 2.75) is 13.8 Å². The third-order valence-electron chi connectivity index (χ3n) is 2.74. The second kappa shape index (κ2) is 6.19. The second-order valence-corrected chi connectivity index (χ2v) is 4.92. The Morgan fingerprint density at radius 1 is 0.947 bits per heavy atom. The molecule has 2 heteroatoms. The van der Waals surface area contributed by atoms with Crippen molar-refractivity contribution in [3.8, 4) is 5.75 Å². The van der Waals surface area contributed by atoms with E-state index in [9.17, 15) is 4.79 Å². The highest BCUT2D eigenvalue weighted by molar-refractivity contribution is 6.08. The van der Waals surface area contributed by atoms with Crippen LogP contribution in [0.3, 0.4) is 0 Å². The fraction of sp³-hybridized carbons (Fsp3) is 0.235. The van der Waals surface area contributed by atoms with Gasteiger partial charge in [0, 0.05) is 11.1 Å². The van der Waals surface area contributed by atoms with Crippen LogP contribution in [0.2, 0.25) is 0 Å². The van der Waals surface area contributed by atoms with Gasteiger partial charge in [-0.3, -0.25) is 4.79 Å². The Kier molecular flexibility index (Phi) is 4.35. The molecular formula is C17H18O2. The highest BCUT2D eigenvalue weighted by atomic mass is 16.5. The predicted octanol–water partition coefficient (Wildman–Crippen LogP) is 3.95. The Morgan fingerprint density at radius 3 is 2.11 bits per heavy atom. The van der Waals surface area contributed by atoms with Gasteiger partial charge in [0.2, 0.25) is 0 Å². The van der Waals surface area contributed by atoms with Gasteiger partial charge < -0.3 is 4.74 Å². The first-order chi connectivity index (χ1) is 9.16. The first-order valence-corrected chi connectivity index (χ1v) is 6.49. The van der Waals surface area contributed by atoms with Crippen molar-refractivity contribution in [2.24, 2.45) is 5.92 Å².